The number of hydrogen-bond acceptors (Lipinski definition) is 5. The predicted octanol–water partition coefficient (Wildman–Crippen LogP) is 5.16. The minimum Gasteiger partial charge on any atom is -0.481 e. The van der Waals surface area contributed by atoms with E-state index in [0.29, 0.717) is 24.6 Å². The maximum absolute atomic E-state index is 8.29. The Morgan fingerprint density at radius 2 is 2.16 bits per heavy atom. The van der Waals surface area contributed by atoms with Gasteiger partial charge in [0.2, 0.25) is 0 Å². The standard InChI is InChI=1S/C12H16N4OS2/c1-2-17-12(13)4-3-9-18-19-11-7-5-10(6-8-11)15-16-14/h5-8,13H,2-4,9H2,1H3. The van der Waals surface area contributed by atoms with Gasteiger partial charge in [0.1, 0.15) is 0 Å². The van der Waals surface area contributed by atoms with E-state index in [-0.39, 0.29) is 0 Å². The lowest BCUT2D eigenvalue weighted by atomic mass is 10.3. The third-order valence-electron chi connectivity index (χ3n) is 2.10. The van der Waals surface area contributed by atoms with Gasteiger partial charge in [-0.25, -0.2) is 0 Å². The molecule has 0 bridgehead atoms. The van der Waals surface area contributed by atoms with Crippen molar-refractivity contribution in [2.24, 2.45) is 5.11 Å². The number of azide groups is 1. The second kappa shape index (κ2) is 9.61. The van der Waals surface area contributed by atoms with Gasteiger partial charge in [-0.15, -0.1) is 0 Å². The molecule has 0 amide bonds. The number of ether oxygens (including phenoxy) is 1. The topological polar surface area (TPSA) is 81.8 Å². The second-order valence-electron chi connectivity index (χ2n) is 3.55. The predicted molar refractivity (Wildman–Crippen MR) is 82.1 cm³/mol. The maximum atomic E-state index is 8.29. The third kappa shape index (κ3) is 7.00. The molecular formula is C12H16N4OS2. The molecule has 0 saturated carbocycles. The average molecular weight is 296 g/mol. The van der Waals surface area contributed by atoms with Gasteiger partial charge in [-0.1, -0.05) is 38.8 Å². The zero-order chi connectivity index (χ0) is 13.9. The Balaban J connectivity index is 2.19. The highest BCUT2D eigenvalue weighted by Gasteiger charge is 1.99. The summed E-state index contributed by atoms with van der Waals surface area (Å²) in [6, 6.07) is 7.47. The summed E-state index contributed by atoms with van der Waals surface area (Å²) in [6.45, 7) is 2.46. The summed E-state index contributed by atoms with van der Waals surface area (Å²) >= 11 is 0. The van der Waals surface area contributed by atoms with Crippen molar-refractivity contribution >= 4 is 33.2 Å². The molecule has 0 aromatic heterocycles. The molecule has 0 unspecified atom stereocenters. The molecular weight excluding hydrogens is 280 g/mol. The Labute approximate surface area is 120 Å². The number of nitrogens with zero attached hydrogens (tertiary/aromatic N) is 3. The van der Waals surface area contributed by atoms with Gasteiger partial charge < -0.3 is 4.74 Å². The van der Waals surface area contributed by atoms with Crippen LogP contribution in [0.5, 0.6) is 0 Å². The van der Waals surface area contributed by atoms with Crippen molar-refractivity contribution in [2.45, 2.75) is 24.7 Å². The first kappa shape index (κ1) is 15.8. The van der Waals surface area contributed by atoms with E-state index in [2.05, 4.69) is 10.0 Å². The molecule has 1 aromatic rings. The first-order valence-electron chi connectivity index (χ1n) is 5.91. The van der Waals surface area contributed by atoms with Crippen LogP contribution in [0.25, 0.3) is 10.4 Å². The smallest absolute Gasteiger partial charge is 0.180 e. The fourth-order valence-electron chi connectivity index (χ4n) is 1.27. The van der Waals surface area contributed by atoms with Crippen LogP contribution in [0.2, 0.25) is 0 Å². The van der Waals surface area contributed by atoms with Crippen molar-refractivity contribution in [2.75, 3.05) is 12.4 Å². The van der Waals surface area contributed by atoms with Gasteiger partial charge in [-0.05, 0) is 31.0 Å². The summed E-state index contributed by atoms with van der Waals surface area (Å²) in [5, 5.41) is 11.0. The minimum absolute atomic E-state index is 0.367. The molecule has 0 aliphatic heterocycles. The Morgan fingerprint density at radius 1 is 1.42 bits per heavy atom. The molecule has 0 fully saturated rings. The Hall–Kier alpha value is -1.30. The summed E-state index contributed by atoms with van der Waals surface area (Å²) < 4.78 is 5.07. The van der Waals surface area contributed by atoms with E-state index in [1.165, 1.54) is 0 Å². The molecule has 0 aliphatic carbocycles. The largest absolute Gasteiger partial charge is 0.481 e. The zero-order valence-electron chi connectivity index (χ0n) is 10.7. The molecule has 1 aromatic carbocycles. The normalized spacial score (nSPS) is 9.74. The van der Waals surface area contributed by atoms with Crippen LogP contribution < -0.4 is 0 Å². The van der Waals surface area contributed by atoms with Gasteiger partial charge in [0.05, 0.1) is 6.61 Å². The number of hydrogen-bond donors (Lipinski definition) is 1. The number of nitrogens with one attached hydrogen (secondary N) is 1. The Kier molecular flexibility index (Phi) is 7.97. The van der Waals surface area contributed by atoms with Gasteiger partial charge in [0.25, 0.3) is 0 Å². The van der Waals surface area contributed by atoms with Crippen LogP contribution in [0.1, 0.15) is 19.8 Å². The van der Waals surface area contributed by atoms with E-state index in [1.807, 2.05) is 19.1 Å². The fourth-order valence-corrected chi connectivity index (χ4v) is 3.34. The van der Waals surface area contributed by atoms with Crippen molar-refractivity contribution < 1.29 is 4.74 Å². The van der Waals surface area contributed by atoms with Gasteiger partial charge in [-0.2, -0.15) is 0 Å². The second-order valence-corrected chi connectivity index (χ2v) is 6.04. The van der Waals surface area contributed by atoms with Crippen molar-refractivity contribution in [1.82, 2.24) is 0 Å². The van der Waals surface area contributed by atoms with Crippen LogP contribution in [0.3, 0.4) is 0 Å². The van der Waals surface area contributed by atoms with Crippen LogP contribution in [0, 0.1) is 5.41 Å². The van der Waals surface area contributed by atoms with E-state index in [1.54, 1.807) is 33.7 Å². The molecule has 19 heavy (non-hydrogen) atoms. The van der Waals surface area contributed by atoms with Crippen molar-refractivity contribution in [3.05, 3.63) is 34.7 Å². The van der Waals surface area contributed by atoms with E-state index in [4.69, 9.17) is 15.7 Å². The third-order valence-corrected chi connectivity index (χ3v) is 4.57. The van der Waals surface area contributed by atoms with E-state index in [0.717, 1.165) is 17.1 Å². The average Bonchev–Trinajstić information content (AvgIpc) is 2.41. The Morgan fingerprint density at radius 3 is 2.79 bits per heavy atom. The van der Waals surface area contributed by atoms with Crippen molar-refractivity contribution in [3.8, 4) is 0 Å². The maximum Gasteiger partial charge on any atom is 0.180 e. The number of rotatable bonds is 8. The van der Waals surface area contributed by atoms with Crippen molar-refractivity contribution in [1.29, 1.82) is 5.41 Å². The first-order chi connectivity index (χ1) is 9.26. The SMILES string of the molecule is CCOC(=N)CCCSSc1ccc(N=[N+]=[N-])cc1. The highest BCUT2D eigenvalue weighted by Crippen LogP contribution is 2.32. The Bertz CT molecular complexity index is 444. The highest BCUT2D eigenvalue weighted by atomic mass is 33.1. The van der Waals surface area contributed by atoms with Crippen LogP contribution in [-0.4, -0.2) is 18.3 Å². The minimum atomic E-state index is 0.367. The van der Waals surface area contributed by atoms with Crippen LogP contribution in [0.4, 0.5) is 5.69 Å². The molecule has 1 N–H and O–H groups in total. The molecule has 1 rings (SSSR count). The highest BCUT2D eigenvalue weighted by molar-refractivity contribution is 8.76. The van der Waals surface area contributed by atoms with E-state index >= 15 is 0 Å². The van der Waals surface area contributed by atoms with Gasteiger partial charge in [0, 0.05) is 27.7 Å². The van der Waals surface area contributed by atoms with Crippen LogP contribution in [-0.2, 0) is 4.74 Å². The van der Waals surface area contributed by atoms with Crippen LogP contribution >= 0.6 is 21.6 Å². The summed E-state index contributed by atoms with van der Waals surface area (Å²) in [5.74, 6) is 1.34. The first-order valence-corrected chi connectivity index (χ1v) is 8.23. The lowest BCUT2D eigenvalue weighted by Crippen LogP contribution is -2.02. The summed E-state index contributed by atoms with van der Waals surface area (Å²) in [7, 11) is 3.43. The zero-order valence-corrected chi connectivity index (χ0v) is 12.3. The van der Waals surface area contributed by atoms with Gasteiger partial charge in [0.15, 0.2) is 5.90 Å². The molecule has 0 saturated heterocycles. The summed E-state index contributed by atoms with van der Waals surface area (Å²) in [5.41, 5.74) is 8.92. The molecule has 102 valence electrons. The van der Waals surface area contributed by atoms with E-state index < -0.39 is 0 Å². The fraction of sp³-hybridized carbons (Fsp3) is 0.417. The van der Waals surface area contributed by atoms with Crippen molar-refractivity contribution in [3.63, 3.8) is 0 Å². The molecule has 0 radical (unpaired) electrons. The lowest BCUT2D eigenvalue weighted by Gasteiger charge is -2.04. The molecule has 0 atom stereocenters. The molecule has 0 aliphatic rings. The summed E-state index contributed by atoms with van der Waals surface area (Å²) in [4.78, 5) is 3.86. The van der Waals surface area contributed by atoms with E-state index in [9.17, 15) is 0 Å². The van der Waals surface area contributed by atoms with Gasteiger partial charge in [-0.3, -0.25) is 5.41 Å². The molecule has 0 heterocycles. The molecule has 7 heteroatoms. The van der Waals surface area contributed by atoms with Crippen LogP contribution in [0.15, 0.2) is 34.3 Å². The quantitative estimate of drug-likeness (QED) is 0.137. The monoisotopic (exact) mass is 296 g/mol. The summed E-state index contributed by atoms with van der Waals surface area (Å²) in [6.07, 6.45) is 1.63. The molecule has 0 spiro atoms. The van der Waals surface area contributed by atoms with Gasteiger partial charge >= 0.3 is 0 Å². The lowest BCUT2D eigenvalue weighted by molar-refractivity contribution is 0.314. The number of benzene rings is 1. The molecule has 5 nitrogen and oxygen atoms in total.